The Labute approximate surface area is 91.5 Å². The van der Waals surface area contributed by atoms with E-state index >= 15 is 0 Å². The van der Waals surface area contributed by atoms with Crippen molar-refractivity contribution in [3.05, 3.63) is 35.4 Å². The third-order valence-corrected chi connectivity index (χ3v) is 2.27. The van der Waals surface area contributed by atoms with Crippen molar-refractivity contribution in [2.75, 3.05) is 20.8 Å². The summed E-state index contributed by atoms with van der Waals surface area (Å²) in [4.78, 5) is 0. The van der Waals surface area contributed by atoms with Gasteiger partial charge in [-0.2, -0.15) is 0 Å². The molecule has 0 spiro atoms. The van der Waals surface area contributed by atoms with Gasteiger partial charge < -0.3 is 9.47 Å². The van der Waals surface area contributed by atoms with Crippen LogP contribution >= 0.6 is 0 Å². The number of ether oxygens (including phenoxy) is 2. The minimum Gasteiger partial charge on any atom is -0.497 e. The summed E-state index contributed by atoms with van der Waals surface area (Å²) >= 11 is 0. The third-order valence-electron chi connectivity index (χ3n) is 2.27. The van der Waals surface area contributed by atoms with Crippen LogP contribution in [0, 0.1) is 0 Å². The van der Waals surface area contributed by atoms with E-state index in [1.807, 2.05) is 24.3 Å². The van der Waals surface area contributed by atoms with E-state index in [9.17, 15) is 0 Å². The number of hydrogen-bond acceptors (Lipinski definition) is 2. The molecule has 0 radical (unpaired) electrons. The van der Waals surface area contributed by atoms with E-state index in [-0.39, 0.29) is 0 Å². The first-order valence-electron chi connectivity index (χ1n) is 5.12. The van der Waals surface area contributed by atoms with E-state index in [1.165, 1.54) is 11.1 Å². The Morgan fingerprint density at radius 2 is 1.87 bits per heavy atom. The van der Waals surface area contributed by atoms with Gasteiger partial charge in [0.2, 0.25) is 0 Å². The number of methoxy groups -OCH3 is 2. The van der Waals surface area contributed by atoms with Gasteiger partial charge in [-0.15, -0.1) is 0 Å². The van der Waals surface area contributed by atoms with Crippen LogP contribution in [0.2, 0.25) is 0 Å². The molecule has 0 heterocycles. The molecule has 2 heteroatoms. The van der Waals surface area contributed by atoms with Crippen molar-refractivity contribution < 1.29 is 9.47 Å². The molecular weight excluding hydrogens is 188 g/mol. The van der Waals surface area contributed by atoms with Crippen LogP contribution in [-0.2, 0) is 4.74 Å². The summed E-state index contributed by atoms with van der Waals surface area (Å²) in [5, 5.41) is 0. The molecule has 0 saturated carbocycles. The van der Waals surface area contributed by atoms with Crippen LogP contribution in [-0.4, -0.2) is 20.8 Å². The van der Waals surface area contributed by atoms with Gasteiger partial charge in [0.05, 0.1) is 13.7 Å². The molecule has 0 aliphatic rings. The fourth-order valence-electron chi connectivity index (χ4n) is 1.37. The largest absolute Gasteiger partial charge is 0.497 e. The molecule has 0 aromatic heterocycles. The maximum absolute atomic E-state index is 5.12. The van der Waals surface area contributed by atoms with E-state index in [0.717, 1.165) is 12.2 Å². The minimum absolute atomic E-state index is 0.697. The van der Waals surface area contributed by atoms with E-state index in [0.29, 0.717) is 6.61 Å². The van der Waals surface area contributed by atoms with Gasteiger partial charge >= 0.3 is 0 Å². The second-order valence-corrected chi connectivity index (χ2v) is 3.36. The van der Waals surface area contributed by atoms with Gasteiger partial charge in [0.15, 0.2) is 0 Å². The van der Waals surface area contributed by atoms with Crippen LogP contribution in [0.4, 0.5) is 0 Å². The topological polar surface area (TPSA) is 18.5 Å². The van der Waals surface area contributed by atoms with Gasteiger partial charge in [-0.05, 0) is 29.7 Å². The van der Waals surface area contributed by atoms with E-state index < -0.39 is 0 Å². The summed E-state index contributed by atoms with van der Waals surface area (Å²) in [6, 6.07) is 8.02. The Morgan fingerprint density at radius 1 is 1.20 bits per heavy atom. The molecule has 0 fully saturated rings. The maximum atomic E-state index is 5.12. The van der Waals surface area contributed by atoms with Crippen LogP contribution in [0.5, 0.6) is 5.75 Å². The maximum Gasteiger partial charge on any atom is 0.118 e. The van der Waals surface area contributed by atoms with Crippen LogP contribution in [0.15, 0.2) is 29.8 Å². The lowest BCUT2D eigenvalue weighted by Gasteiger charge is -2.04. The van der Waals surface area contributed by atoms with E-state index in [4.69, 9.17) is 9.47 Å². The second-order valence-electron chi connectivity index (χ2n) is 3.36. The van der Waals surface area contributed by atoms with Gasteiger partial charge in [-0.3, -0.25) is 0 Å². The van der Waals surface area contributed by atoms with Crippen molar-refractivity contribution in [3.8, 4) is 5.75 Å². The second kappa shape index (κ2) is 6.25. The lowest BCUT2D eigenvalue weighted by atomic mass is 10.1. The normalized spacial score (nSPS) is 11.5. The number of hydrogen-bond donors (Lipinski definition) is 0. The molecule has 1 aromatic rings. The van der Waals surface area contributed by atoms with Crippen molar-refractivity contribution in [3.63, 3.8) is 0 Å². The average molecular weight is 206 g/mol. The highest BCUT2D eigenvalue weighted by Gasteiger charge is 1.95. The molecule has 82 valence electrons. The Morgan fingerprint density at radius 3 is 2.33 bits per heavy atom. The highest BCUT2D eigenvalue weighted by Crippen LogP contribution is 2.15. The van der Waals surface area contributed by atoms with E-state index in [2.05, 4.69) is 13.0 Å². The summed E-state index contributed by atoms with van der Waals surface area (Å²) in [6.07, 6.45) is 3.17. The van der Waals surface area contributed by atoms with E-state index in [1.54, 1.807) is 14.2 Å². The van der Waals surface area contributed by atoms with Crippen molar-refractivity contribution in [1.29, 1.82) is 0 Å². The van der Waals surface area contributed by atoms with Crippen LogP contribution in [0.3, 0.4) is 0 Å². The van der Waals surface area contributed by atoms with Gasteiger partial charge in [0.1, 0.15) is 5.75 Å². The molecule has 0 atom stereocenters. The first-order valence-corrected chi connectivity index (χ1v) is 5.12. The molecule has 15 heavy (non-hydrogen) atoms. The molecule has 1 aromatic carbocycles. The van der Waals surface area contributed by atoms with Gasteiger partial charge in [-0.25, -0.2) is 0 Å². The molecule has 0 aliphatic carbocycles. The minimum atomic E-state index is 0.697. The molecule has 2 nitrogen and oxygen atoms in total. The highest BCUT2D eigenvalue weighted by molar-refractivity contribution is 5.54. The summed E-state index contributed by atoms with van der Waals surface area (Å²) in [5.41, 5.74) is 2.48. The Kier molecular flexibility index (Phi) is 4.91. The van der Waals surface area contributed by atoms with Crippen molar-refractivity contribution in [1.82, 2.24) is 0 Å². The Hall–Kier alpha value is -1.28. The zero-order chi connectivity index (χ0) is 11.1. The Balaban J connectivity index is 2.77. The highest BCUT2D eigenvalue weighted by atomic mass is 16.5. The summed E-state index contributed by atoms with van der Waals surface area (Å²) in [6.45, 7) is 2.83. The molecule has 0 N–H and O–H groups in total. The molecule has 0 saturated heterocycles. The number of benzene rings is 1. The fourth-order valence-corrected chi connectivity index (χ4v) is 1.37. The standard InChI is InChI=1S/C13H18O2/c1-4-11(10-14-2)9-12-5-7-13(15-3)8-6-12/h5-9H,4,10H2,1-3H3/b11-9+. The average Bonchev–Trinajstić information content (AvgIpc) is 2.29. The first kappa shape index (κ1) is 11.8. The SMILES string of the molecule is CC/C(=C\c1ccc(OC)cc1)COC. The zero-order valence-corrected chi connectivity index (χ0v) is 9.62. The fraction of sp³-hybridized carbons (Fsp3) is 0.385. The van der Waals surface area contributed by atoms with Crippen LogP contribution in [0.1, 0.15) is 18.9 Å². The number of rotatable bonds is 5. The van der Waals surface area contributed by atoms with Crippen molar-refractivity contribution in [2.45, 2.75) is 13.3 Å². The van der Waals surface area contributed by atoms with Crippen LogP contribution in [0.25, 0.3) is 6.08 Å². The Bertz CT molecular complexity index is 312. The quantitative estimate of drug-likeness (QED) is 0.737. The molecule has 0 bridgehead atoms. The van der Waals surface area contributed by atoms with Crippen molar-refractivity contribution in [2.24, 2.45) is 0 Å². The molecule has 0 unspecified atom stereocenters. The zero-order valence-electron chi connectivity index (χ0n) is 9.62. The molecule has 0 aliphatic heterocycles. The summed E-state index contributed by atoms with van der Waals surface area (Å²) in [7, 11) is 3.39. The molecular formula is C13H18O2. The predicted molar refractivity (Wildman–Crippen MR) is 63.1 cm³/mol. The molecule has 0 amide bonds. The first-order chi connectivity index (χ1) is 7.30. The van der Waals surface area contributed by atoms with Crippen LogP contribution < -0.4 is 4.74 Å². The summed E-state index contributed by atoms with van der Waals surface area (Å²) < 4.78 is 10.2. The smallest absolute Gasteiger partial charge is 0.118 e. The lowest BCUT2D eigenvalue weighted by Crippen LogP contribution is -1.92. The predicted octanol–water partition coefficient (Wildman–Crippen LogP) is 3.14. The van der Waals surface area contributed by atoms with Gasteiger partial charge in [0.25, 0.3) is 0 Å². The van der Waals surface area contributed by atoms with Gasteiger partial charge in [-0.1, -0.05) is 25.1 Å². The lowest BCUT2D eigenvalue weighted by molar-refractivity contribution is 0.224. The molecule has 1 rings (SSSR count). The third kappa shape index (κ3) is 3.76. The van der Waals surface area contributed by atoms with Crippen molar-refractivity contribution >= 4 is 6.08 Å². The monoisotopic (exact) mass is 206 g/mol. The summed E-state index contributed by atoms with van der Waals surface area (Å²) in [5.74, 6) is 0.886. The van der Waals surface area contributed by atoms with Gasteiger partial charge in [0, 0.05) is 7.11 Å².